The first-order valence-corrected chi connectivity index (χ1v) is 8.08. The molecule has 5 nitrogen and oxygen atoms in total. The molecule has 1 fully saturated rings. The van der Waals surface area contributed by atoms with Gasteiger partial charge in [-0.15, -0.1) is 24.0 Å². The first kappa shape index (κ1) is 20.0. The molecule has 1 aromatic heterocycles. The molecule has 2 rings (SSSR count). The minimum Gasteiger partial charge on any atom is -0.363 e. The highest BCUT2D eigenvalue weighted by Gasteiger charge is 2.30. The maximum Gasteiger partial charge on any atom is 0.194 e. The Balaban J connectivity index is 0.00000264. The maximum absolute atomic E-state index is 4.78. The fraction of sp³-hybridized carbons (Fsp3) is 0.647. The Morgan fingerprint density at radius 3 is 2.70 bits per heavy atom. The number of nitrogens with zero attached hydrogens (tertiary/aromatic N) is 4. The Kier molecular flexibility index (Phi) is 7.57. The number of hydrogen-bond donors (Lipinski definition) is 1. The van der Waals surface area contributed by atoms with Crippen molar-refractivity contribution in [1.29, 1.82) is 0 Å². The second kappa shape index (κ2) is 8.70. The number of hydrogen-bond acceptors (Lipinski definition) is 3. The van der Waals surface area contributed by atoms with Crippen LogP contribution in [0.15, 0.2) is 23.2 Å². The molecule has 1 aliphatic rings. The third-order valence-corrected chi connectivity index (χ3v) is 3.95. The third kappa shape index (κ3) is 5.82. The molecule has 0 atom stereocenters. The Morgan fingerprint density at radius 2 is 2.13 bits per heavy atom. The number of pyridine rings is 1. The van der Waals surface area contributed by atoms with Crippen molar-refractivity contribution in [3.63, 3.8) is 0 Å². The van der Waals surface area contributed by atoms with Crippen molar-refractivity contribution in [2.45, 2.75) is 33.7 Å². The van der Waals surface area contributed by atoms with Crippen LogP contribution < -0.4 is 10.2 Å². The minimum atomic E-state index is 0. The quantitative estimate of drug-likeness (QED) is 0.453. The predicted octanol–water partition coefficient (Wildman–Crippen LogP) is 2.96. The van der Waals surface area contributed by atoms with Crippen LogP contribution in [0.25, 0.3) is 0 Å². The molecule has 2 heterocycles. The van der Waals surface area contributed by atoms with Gasteiger partial charge in [0.05, 0.1) is 12.2 Å². The van der Waals surface area contributed by atoms with Crippen LogP contribution in [-0.4, -0.2) is 49.6 Å². The maximum atomic E-state index is 4.78. The van der Waals surface area contributed by atoms with E-state index in [2.05, 4.69) is 36.0 Å². The summed E-state index contributed by atoms with van der Waals surface area (Å²) in [6.45, 7) is 10.4. The molecule has 0 bridgehead atoms. The van der Waals surface area contributed by atoms with E-state index in [0.29, 0.717) is 12.0 Å². The number of aliphatic imine (C=N–C) groups is 1. The molecule has 130 valence electrons. The van der Waals surface area contributed by atoms with Gasteiger partial charge in [-0.2, -0.15) is 0 Å². The van der Waals surface area contributed by atoms with Crippen LogP contribution in [0.2, 0.25) is 0 Å². The van der Waals surface area contributed by atoms with E-state index >= 15 is 0 Å². The summed E-state index contributed by atoms with van der Waals surface area (Å²) in [6, 6.07) is 6.09. The summed E-state index contributed by atoms with van der Waals surface area (Å²) in [5.41, 5.74) is 1.37. The van der Waals surface area contributed by atoms with Gasteiger partial charge in [-0.1, -0.05) is 19.9 Å². The first-order chi connectivity index (χ1) is 10.4. The number of rotatable bonds is 4. The van der Waals surface area contributed by atoms with Crippen LogP contribution in [0.5, 0.6) is 0 Å². The summed E-state index contributed by atoms with van der Waals surface area (Å²) in [4.78, 5) is 13.8. The number of nitrogens with one attached hydrogen (secondary N) is 1. The number of guanidine groups is 1. The Hall–Kier alpha value is -1.05. The zero-order valence-electron chi connectivity index (χ0n) is 15.0. The molecule has 0 amide bonds. The minimum absolute atomic E-state index is 0. The lowest BCUT2D eigenvalue weighted by Crippen LogP contribution is -2.40. The fourth-order valence-electron chi connectivity index (χ4n) is 2.68. The second-order valence-corrected chi connectivity index (χ2v) is 6.89. The molecule has 0 unspecified atom stereocenters. The standard InChI is InChI=1S/C17H29N5.HI/c1-6-18-16(22-11-10-17(2,3)13-22)19-12-14-8-7-9-15(20-14)21(4)5;/h7-9H,6,10-13H2,1-5H3,(H,18,19);1H. The normalized spacial score (nSPS) is 16.9. The molecular weight excluding hydrogens is 401 g/mol. The summed E-state index contributed by atoms with van der Waals surface area (Å²) in [6.07, 6.45) is 1.21. The first-order valence-electron chi connectivity index (χ1n) is 8.08. The predicted molar refractivity (Wildman–Crippen MR) is 109 cm³/mol. The van der Waals surface area contributed by atoms with Gasteiger partial charge in [0.15, 0.2) is 5.96 Å². The average Bonchev–Trinajstić information content (AvgIpc) is 2.84. The zero-order chi connectivity index (χ0) is 16.2. The Bertz CT molecular complexity index is 527. The largest absolute Gasteiger partial charge is 0.363 e. The zero-order valence-corrected chi connectivity index (χ0v) is 17.3. The van der Waals surface area contributed by atoms with E-state index in [9.17, 15) is 0 Å². The Labute approximate surface area is 157 Å². The molecule has 0 aromatic carbocycles. The van der Waals surface area contributed by atoms with Crippen LogP contribution in [0.1, 0.15) is 32.9 Å². The van der Waals surface area contributed by atoms with Crippen LogP contribution in [0.3, 0.4) is 0 Å². The van der Waals surface area contributed by atoms with Crippen LogP contribution in [0.4, 0.5) is 5.82 Å². The molecule has 0 spiro atoms. The molecule has 1 saturated heterocycles. The topological polar surface area (TPSA) is 43.8 Å². The SMILES string of the molecule is CCNC(=NCc1cccc(N(C)C)n1)N1CCC(C)(C)C1.I. The smallest absolute Gasteiger partial charge is 0.194 e. The van der Waals surface area contributed by atoms with Crippen LogP contribution >= 0.6 is 24.0 Å². The van der Waals surface area contributed by atoms with Crippen molar-refractivity contribution in [3.8, 4) is 0 Å². The monoisotopic (exact) mass is 431 g/mol. The van der Waals surface area contributed by atoms with Gasteiger partial charge in [0.2, 0.25) is 0 Å². The number of anilines is 1. The van der Waals surface area contributed by atoms with Gasteiger partial charge in [0.25, 0.3) is 0 Å². The van der Waals surface area contributed by atoms with E-state index in [0.717, 1.165) is 37.1 Å². The molecule has 6 heteroatoms. The van der Waals surface area contributed by atoms with Crippen molar-refractivity contribution in [3.05, 3.63) is 23.9 Å². The highest BCUT2D eigenvalue weighted by Crippen LogP contribution is 2.28. The molecule has 0 radical (unpaired) electrons. The summed E-state index contributed by atoms with van der Waals surface area (Å²) < 4.78 is 0. The number of halogens is 1. The van der Waals surface area contributed by atoms with E-state index in [1.165, 1.54) is 6.42 Å². The molecule has 1 aliphatic heterocycles. The van der Waals surface area contributed by atoms with Gasteiger partial charge in [-0.05, 0) is 30.9 Å². The van der Waals surface area contributed by atoms with Gasteiger partial charge < -0.3 is 15.1 Å². The Morgan fingerprint density at radius 1 is 1.39 bits per heavy atom. The fourth-order valence-corrected chi connectivity index (χ4v) is 2.68. The lowest BCUT2D eigenvalue weighted by Gasteiger charge is -2.23. The summed E-state index contributed by atoms with van der Waals surface area (Å²) in [7, 11) is 4.01. The second-order valence-electron chi connectivity index (χ2n) is 6.89. The van der Waals surface area contributed by atoms with Gasteiger partial charge in [0.1, 0.15) is 5.82 Å². The van der Waals surface area contributed by atoms with E-state index in [1.54, 1.807) is 0 Å². The lowest BCUT2D eigenvalue weighted by molar-refractivity contribution is 0.370. The van der Waals surface area contributed by atoms with E-state index in [-0.39, 0.29) is 24.0 Å². The average molecular weight is 431 g/mol. The van der Waals surface area contributed by atoms with Crippen LogP contribution in [0, 0.1) is 5.41 Å². The van der Waals surface area contributed by atoms with E-state index in [1.807, 2.05) is 37.2 Å². The van der Waals surface area contributed by atoms with Crippen molar-refractivity contribution < 1.29 is 0 Å². The van der Waals surface area contributed by atoms with Crippen molar-refractivity contribution in [2.75, 3.05) is 38.6 Å². The van der Waals surface area contributed by atoms with E-state index < -0.39 is 0 Å². The highest BCUT2D eigenvalue weighted by molar-refractivity contribution is 14.0. The number of aromatic nitrogens is 1. The third-order valence-electron chi connectivity index (χ3n) is 3.95. The van der Waals surface area contributed by atoms with Gasteiger partial charge >= 0.3 is 0 Å². The molecule has 0 saturated carbocycles. The van der Waals surface area contributed by atoms with Crippen molar-refractivity contribution in [2.24, 2.45) is 10.4 Å². The van der Waals surface area contributed by atoms with Gasteiger partial charge in [-0.3, -0.25) is 0 Å². The molecular formula is C17H30IN5. The van der Waals surface area contributed by atoms with Crippen molar-refractivity contribution in [1.82, 2.24) is 15.2 Å². The molecule has 23 heavy (non-hydrogen) atoms. The van der Waals surface area contributed by atoms with Crippen LogP contribution in [-0.2, 0) is 6.54 Å². The molecule has 1 N–H and O–H groups in total. The highest BCUT2D eigenvalue weighted by atomic mass is 127. The summed E-state index contributed by atoms with van der Waals surface area (Å²) >= 11 is 0. The summed E-state index contributed by atoms with van der Waals surface area (Å²) in [5.74, 6) is 1.98. The molecule has 1 aromatic rings. The van der Waals surface area contributed by atoms with Gasteiger partial charge in [0, 0.05) is 33.7 Å². The van der Waals surface area contributed by atoms with E-state index in [4.69, 9.17) is 4.99 Å². The lowest BCUT2D eigenvalue weighted by atomic mass is 9.93. The molecule has 0 aliphatic carbocycles. The summed E-state index contributed by atoms with van der Waals surface area (Å²) in [5, 5.41) is 3.41. The van der Waals surface area contributed by atoms with Gasteiger partial charge in [-0.25, -0.2) is 9.98 Å². The number of likely N-dealkylation sites (tertiary alicyclic amines) is 1. The van der Waals surface area contributed by atoms with Crippen molar-refractivity contribution >= 4 is 35.8 Å².